The van der Waals surface area contributed by atoms with E-state index in [1.807, 2.05) is 56.5 Å². The molecule has 0 unspecified atom stereocenters. The van der Waals surface area contributed by atoms with Gasteiger partial charge in [0.25, 0.3) is 0 Å². The molecule has 0 aliphatic carbocycles. The van der Waals surface area contributed by atoms with Crippen molar-refractivity contribution in [3.8, 4) is 12.1 Å². The molecule has 0 bridgehead atoms. The highest BCUT2D eigenvalue weighted by atomic mass is 32.2. The number of benzene rings is 1. The minimum absolute atomic E-state index is 0.157. The molecular formula is C14H14N2S. The normalized spacial score (nSPS) is 9.53. The highest BCUT2D eigenvalue weighted by molar-refractivity contribution is 7.98. The van der Waals surface area contributed by atoms with Gasteiger partial charge in [0.15, 0.2) is 0 Å². The SMILES string of the molecule is CSc1ccc(C(=C(C#N)C#N)C(C)C)cc1. The maximum Gasteiger partial charge on any atom is 0.133 e. The van der Waals surface area contributed by atoms with Crippen molar-refractivity contribution in [3.05, 3.63) is 35.4 Å². The second kappa shape index (κ2) is 6.13. The lowest BCUT2D eigenvalue weighted by atomic mass is 9.91. The number of nitrogens with zero attached hydrogens (tertiary/aromatic N) is 2. The Morgan fingerprint density at radius 2 is 1.65 bits per heavy atom. The van der Waals surface area contributed by atoms with Crippen LogP contribution >= 0.6 is 11.8 Å². The Hall–Kier alpha value is -1.71. The quantitative estimate of drug-likeness (QED) is 0.597. The fourth-order valence-electron chi connectivity index (χ4n) is 1.68. The van der Waals surface area contributed by atoms with E-state index < -0.39 is 0 Å². The Bertz CT molecular complexity index is 483. The fourth-order valence-corrected chi connectivity index (χ4v) is 2.09. The van der Waals surface area contributed by atoms with E-state index in [0.29, 0.717) is 0 Å². The Labute approximate surface area is 107 Å². The average Bonchev–Trinajstić information content (AvgIpc) is 2.35. The summed E-state index contributed by atoms with van der Waals surface area (Å²) in [4.78, 5) is 1.17. The van der Waals surface area contributed by atoms with Gasteiger partial charge in [0.05, 0.1) is 0 Å². The van der Waals surface area contributed by atoms with Crippen molar-refractivity contribution in [2.24, 2.45) is 5.92 Å². The molecule has 0 spiro atoms. The Morgan fingerprint density at radius 3 is 2.00 bits per heavy atom. The van der Waals surface area contributed by atoms with Gasteiger partial charge in [-0.25, -0.2) is 0 Å². The predicted molar refractivity (Wildman–Crippen MR) is 71.2 cm³/mol. The molecule has 0 aliphatic heterocycles. The van der Waals surface area contributed by atoms with Crippen LogP contribution in [0.1, 0.15) is 19.4 Å². The van der Waals surface area contributed by atoms with Crippen molar-refractivity contribution < 1.29 is 0 Å². The van der Waals surface area contributed by atoms with Crippen LogP contribution in [-0.4, -0.2) is 6.26 Å². The molecule has 0 saturated heterocycles. The molecule has 0 fully saturated rings. The van der Waals surface area contributed by atoms with Crippen molar-refractivity contribution in [1.29, 1.82) is 10.5 Å². The molecule has 3 heteroatoms. The van der Waals surface area contributed by atoms with E-state index in [1.165, 1.54) is 4.90 Å². The summed E-state index contributed by atoms with van der Waals surface area (Å²) in [6.45, 7) is 3.99. The second-order valence-electron chi connectivity index (χ2n) is 3.90. The van der Waals surface area contributed by atoms with Gasteiger partial charge >= 0.3 is 0 Å². The Balaban J connectivity index is 3.31. The lowest BCUT2D eigenvalue weighted by Gasteiger charge is -2.12. The number of thioether (sulfide) groups is 1. The number of hydrogen-bond acceptors (Lipinski definition) is 3. The van der Waals surface area contributed by atoms with Gasteiger partial charge in [0, 0.05) is 4.90 Å². The molecule has 0 atom stereocenters. The number of allylic oxidation sites excluding steroid dienone is 2. The molecule has 86 valence electrons. The van der Waals surface area contributed by atoms with E-state index in [9.17, 15) is 0 Å². The lowest BCUT2D eigenvalue weighted by Crippen LogP contribution is -1.97. The maximum absolute atomic E-state index is 8.97. The van der Waals surface area contributed by atoms with Gasteiger partial charge in [-0.15, -0.1) is 11.8 Å². The van der Waals surface area contributed by atoms with E-state index in [4.69, 9.17) is 10.5 Å². The van der Waals surface area contributed by atoms with Crippen LogP contribution in [0.25, 0.3) is 5.57 Å². The first kappa shape index (κ1) is 13.4. The molecule has 0 radical (unpaired) electrons. The first-order valence-electron chi connectivity index (χ1n) is 5.32. The zero-order valence-corrected chi connectivity index (χ0v) is 11.0. The van der Waals surface area contributed by atoms with Gasteiger partial charge in [-0.2, -0.15) is 10.5 Å². The van der Waals surface area contributed by atoms with Gasteiger partial charge in [0.1, 0.15) is 17.7 Å². The first-order valence-corrected chi connectivity index (χ1v) is 6.55. The molecule has 2 nitrogen and oxygen atoms in total. The highest BCUT2D eigenvalue weighted by Gasteiger charge is 2.12. The number of rotatable bonds is 3. The van der Waals surface area contributed by atoms with Gasteiger partial charge in [-0.1, -0.05) is 26.0 Å². The summed E-state index contributed by atoms with van der Waals surface area (Å²) >= 11 is 1.67. The third-order valence-electron chi connectivity index (χ3n) is 2.47. The fraction of sp³-hybridized carbons (Fsp3) is 0.286. The number of nitriles is 2. The van der Waals surface area contributed by atoms with Crippen molar-refractivity contribution in [3.63, 3.8) is 0 Å². The van der Waals surface area contributed by atoms with Crippen LogP contribution in [0.4, 0.5) is 0 Å². The third kappa shape index (κ3) is 3.12. The van der Waals surface area contributed by atoms with Crippen LogP contribution in [-0.2, 0) is 0 Å². The van der Waals surface area contributed by atoms with Crippen LogP contribution in [0, 0.1) is 28.6 Å². The molecular weight excluding hydrogens is 228 g/mol. The van der Waals surface area contributed by atoms with Crippen LogP contribution < -0.4 is 0 Å². The molecule has 17 heavy (non-hydrogen) atoms. The standard InChI is InChI=1S/C14H14N2S/c1-10(2)14(12(8-15)9-16)11-4-6-13(17-3)7-5-11/h4-7,10H,1-3H3. The maximum atomic E-state index is 8.97. The Morgan fingerprint density at radius 1 is 1.12 bits per heavy atom. The minimum atomic E-state index is 0.157. The molecule has 0 N–H and O–H groups in total. The minimum Gasteiger partial charge on any atom is -0.192 e. The molecule has 0 aliphatic rings. The van der Waals surface area contributed by atoms with Crippen LogP contribution in [0.5, 0.6) is 0 Å². The van der Waals surface area contributed by atoms with E-state index in [1.54, 1.807) is 11.8 Å². The molecule has 1 aromatic rings. The van der Waals surface area contributed by atoms with Crippen LogP contribution in [0.2, 0.25) is 0 Å². The van der Waals surface area contributed by atoms with Crippen molar-refractivity contribution >= 4 is 17.3 Å². The summed E-state index contributed by atoms with van der Waals surface area (Å²) in [7, 11) is 0. The van der Waals surface area contributed by atoms with E-state index >= 15 is 0 Å². The van der Waals surface area contributed by atoms with Crippen LogP contribution in [0.15, 0.2) is 34.7 Å². The summed E-state index contributed by atoms with van der Waals surface area (Å²) in [5, 5.41) is 17.9. The van der Waals surface area contributed by atoms with E-state index in [-0.39, 0.29) is 11.5 Å². The molecule has 1 rings (SSSR count). The third-order valence-corrected chi connectivity index (χ3v) is 3.21. The van der Waals surface area contributed by atoms with Gasteiger partial charge < -0.3 is 0 Å². The van der Waals surface area contributed by atoms with Crippen molar-refractivity contribution in [2.45, 2.75) is 18.7 Å². The first-order chi connectivity index (χ1) is 8.13. The second-order valence-corrected chi connectivity index (χ2v) is 4.78. The highest BCUT2D eigenvalue weighted by Crippen LogP contribution is 2.28. The summed E-state index contributed by atoms with van der Waals surface area (Å²) in [5.41, 5.74) is 1.98. The summed E-state index contributed by atoms with van der Waals surface area (Å²) in [6.07, 6.45) is 2.02. The average molecular weight is 242 g/mol. The summed E-state index contributed by atoms with van der Waals surface area (Å²) in [5.74, 6) is 0.157. The van der Waals surface area contributed by atoms with E-state index in [0.717, 1.165) is 11.1 Å². The monoisotopic (exact) mass is 242 g/mol. The van der Waals surface area contributed by atoms with Crippen LogP contribution in [0.3, 0.4) is 0 Å². The molecule has 1 aromatic carbocycles. The molecule has 0 aromatic heterocycles. The van der Waals surface area contributed by atoms with Crippen molar-refractivity contribution in [2.75, 3.05) is 6.26 Å². The zero-order valence-electron chi connectivity index (χ0n) is 10.2. The smallest absolute Gasteiger partial charge is 0.133 e. The molecule has 0 amide bonds. The predicted octanol–water partition coefficient (Wildman–Crippen LogP) is 3.87. The van der Waals surface area contributed by atoms with E-state index in [2.05, 4.69) is 0 Å². The summed E-state index contributed by atoms with van der Waals surface area (Å²) < 4.78 is 0. The van der Waals surface area contributed by atoms with Gasteiger partial charge in [-0.3, -0.25) is 0 Å². The molecule has 0 heterocycles. The number of hydrogen-bond donors (Lipinski definition) is 0. The summed E-state index contributed by atoms with van der Waals surface area (Å²) in [6, 6.07) is 11.9. The van der Waals surface area contributed by atoms with Gasteiger partial charge in [0.2, 0.25) is 0 Å². The zero-order chi connectivity index (χ0) is 12.8. The lowest BCUT2D eigenvalue weighted by molar-refractivity contribution is 0.852. The topological polar surface area (TPSA) is 47.6 Å². The molecule has 0 saturated carbocycles. The van der Waals surface area contributed by atoms with Gasteiger partial charge in [-0.05, 0) is 35.4 Å². The largest absolute Gasteiger partial charge is 0.192 e. The Kier molecular flexibility index (Phi) is 4.82. The van der Waals surface area contributed by atoms with Crippen molar-refractivity contribution in [1.82, 2.24) is 0 Å².